The van der Waals surface area contributed by atoms with Gasteiger partial charge in [0.25, 0.3) is 0 Å². The zero-order valence-electron chi connectivity index (χ0n) is 10.3. The molecule has 0 atom stereocenters. The van der Waals surface area contributed by atoms with Gasteiger partial charge in [-0.3, -0.25) is 0 Å². The van der Waals surface area contributed by atoms with Crippen LogP contribution in [-0.2, 0) is 6.54 Å². The Hall–Kier alpha value is -2.35. The third kappa shape index (κ3) is 3.15. The molecule has 0 bridgehead atoms. The number of carbonyl (C=O) groups is 2. The number of carboxylic acid groups (broad SMARTS) is 2. The summed E-state index contributed by atoms with van der Waals surface area (Å²) >= 11 is 1.52. The predicted molar refractivity (Wildman–Crippen MR) is 71.1 cm³/mol. The fourth-order valence-electron chi connectivity index (χ4n) is 1.59. The van der Waals surface area contributed by atoms with Crippen LogP contribution in [0, 0.1) is 0 Å². The lowest BCUT2D eigenvalue weighted by Gasteiger charge is -2.03. The second-order valence-electron chi connectivity index (χ2n) is 3.78. The van der Waals surface area contributed by atoms with Gasteiger partial charge in [0.15, 0.2) is 5.69 Å². The number of aromatic nitrogens is 3. The first kappa shape index (κ1) is 14.1. The Labute approximate surface area is 118 Å². The third-order valence-electron chi connectivity index (χ3n) is 2.46. The summed E-state index contributed by atoms with van der Waals surface area (Å²) in [6, 6.07) is 9.59. The van der Waals surface area contributed by atoms with Crippen molar-refractivity contribution >= 4 is 23.7 Å². The molecule has 0 spiro atoms. The van der Waals surface area contributed by atoms with Gasteiger partial charge in [0.2, 0.25) is 5.69 Å². The second-order valence-corrected chi connectivity index (χ2v) is 4.95. The van der Waals surface area contributed by atoms with Crippen molar-refractivity contribution < 1.29 is 19.8 Å². The summed E-state index contributed by atoms with van der Waals surface area (Å²) in [4.78, 5) is 23.0. The van der Waals surface area contributed by atoms with Crippen LogP contribution in [0.25, 0.3) is 0 Å². The molecule has 2 aromatic rings. The van der Waals surface area contributed by atoms with E-state index in [4.69, 9.17) is 10.2 Å². The Morgan fingerprint density at radius 1 is 1.15 bits per heavy atom. The van der Waals surface area contributed by atoms with Crippen LogP contribution in [0.15, 0.2) is 35.2 Å². The molecular weight excluding hydrogens is 282 g/mol. The average Bonchev–Trinajstić information content (AvgIpc) is 2.84. The fourth-order valence-corrected chi connectivity index (χ4v) is 2.44. The van der Waals surface area contributed by atoms with Crippen molar-refractivity contribution in [2.75, 3.05) is 5.75 Å². The summed E-state index contributed by atoms with van der Waals surface area (Å²) in [6.45, 7) is 0.265. The molecule has 0 saturated carbocycles. The van der Waals surface area contributed by atoms with Gasteiger partial charge >= 0.3 is 11.9 Å². The Kier molecular flexibility index (Phi) is 4.36. The predicted octanol–water partition coefficient (Wildman–Crippen LogP) is 1.47. The molecule has 0 aliphatic rings. The van der Waals surface area contributed by atoms with Crippen LogP contribution >= 0.6 is 11.8 Å². The van der Waals surface area contributed by atoms with Crippen molar-refractivity contribution in [2.45, 2.75) is 11.4 Å². The molecule has 0 radical (unpaired) electrons. The van der Waals surface area contributed by atoms with E-state index in [0.29, 0.717) is 5.75 Å². The summed E-state index contributed by atoms with van der Waals surface area (Å²) in [5, 5.41) is 24.8. The van der Waals surface area contributed by atoms with E-state index in [2.05, 4.69) is 10.3 Å². The number of nitrogens with zero attached hydrogens (tertiary/aromatic N) is 3. The third-order valence-corrected chi connectivity index (χ3v) is 3.45. The van der Waals surface area contributed by atoms with E-state index in [1.165, 1.54) is 11.8 Å². The summed E-state index contributed by atoms with van der Waals surface area (Å²) < 4.78 is 1.10. The Morgan fingerprint density at radius 3 is 2.45 bits per heavy atom. The molecule has 1 aromatic heterocycles. The number of hydrogen-bond donors (Lipinski definition) is 2. The molecular formula is C12H11N3O4S. The van der Waals surface area contributed by atoms with Gasteiger partial charge in [-0.15, -0.1) is 16.9 Å². The molecule has 7 nitrogen and oxygen atoms in total. The highest BCUT2D eigenvalue weighted by molar-refractivity contribution is 7.99. The summed E-state index contributed by atoms with van der Waals surface area (Å²) in [6.07, 6.45) is 0. The number of carboxylic acids is 2. The fraction of sp³-hybridized carbons (Fsp3) is 0.167. The highest BCUT2D eigenvalue weighted by Crippen LogP contribution is 2.17. The van der Waals surface area contributed by atoms with Gasteiger partial charge in [0.05, 0.1) is 6.54 Å². The first-order chi connectivity index (χ1) is 9.59. The average molecular weight is 293 g/mol. The van der Waals surface area contributed by atoms with Gasteiger partial charge < -0.3 is 10.2 Å². The van der Waals surface area contributed by atoms with Gasteiger partial charge in [0, 0.05) is 10.6 Å². The van der Waals surface area contributed by atoms with Crippen molar-refractivity contribution in [3.05, 3.63) is 41.7 Å². The van der Waals surface area contributed by atoms with Crippen LogP contribution in [0.4, 0.5) is 0 Å². The van der Waals surface area contributed by atoms with Crippen molar-refractivity contribution in [3.63, 3.8) is 0 Å². The van der Waals surface area contributed by atoms with Crippen molar-refractivity contribution in [1.82, 2.24) is 15.0 Å². The Bertz CT molecular complexity index is 627. The Morgan fingerprint density at radius 2 is 1.85 bits per heavy atom. The summed E-state index contributed by atoms with van der Waals surface area (Å²) in [5.41, 5.74) is -0.937. The molecule has 2 rings (SSSR count). The van der Waals surface area contributed by atoms with E-state index in [-0.39, 0.29) is 6.54 Å². The second kappa shape index (κ2) is 6.20. The van der Waals surface area contributed by atoms with Crippen LogP contribution in [0.3, 0.4) is 0 Å². The molecule has 0 aliphatic heterocycles. The highest BCUT2D eigenvalue weighted by atomic mass is 32.2. The van der Waals surface area contributed by atoms with E-state index in [9.17, 15) is 9.59 Å². The molecule has 8 heteroatoms. The van der Waals surface area contributed by atoms with Crippen LogP contribution in [0.2, 0.25) is 0 Å². The van der Waals surface area contributed by atoms with Gasteiger partial charge in [-0.1, -0.05) is 23.4 Å². The van der Waals surface area contributed by atoms with E-state index in [1.807, 2.05) is 30.3 Å². The van der Waals surface area contributed by atoms with Gasteiger partial charge in [-0.25, -0.2) is 14.3 Å². The van der Waals surface area contributed by atoms with Crippen LogP contribution in [0.1, 0.15) is 21.0 Å². The van der Waals surface area contributed by atoms with Gasteiger partial charge in [-0.2, -0.15) is 0 Å². The van der Waals surface area contributed by atoms with E-state index < -0.39 is 23.3 Å². The Balaban J connectivity index is 2.06. The van der Waals surface area contributed by atoms with E-state index >= 15 is 0 Å². The maximum Gasteiger partial charge on any atom is 0.359 e. The normalized spacial score (nSPS) is 10.4. The zero-order chi connectivity index (χ0) is 14.5. The molecule has 0 saturated heterocycles. The van der Waals surface area contributed by atoms with Crippen LogP contribution in [-0.4, -0.2) is 42.9 Å². The highest BCUT2D eigenvalue weighted by Gasteiger charge is 2.24. The zero-order valence-corrected chi connectivity index (χ0v) is 11.1. The van der Waals surface area contributed by atoms with Crippen molar-refractivity contribution in [2.24, 2.45) is 0 Å². The van der Waals surface area contributed by atoms with Gasteiger partial charge in [-0.05, 0) is 12.1 Å². The van der Waals surface area contributed by atoms with E-state index in [1.54, 1.807) is 0 Å². The first-order valence-electron chi connectivity index (χ1n) is 5.67. The molecule has 0 fully saturated rings. The lowest BCUT2D eigenvalue weighted by atomic mass is 10.3. The van der Waals surface area contributed by atoms with Crippen molar-refractivity contribution in [1.29, 1.82) is 0 Å². The smallest absolute Gasteiger partial charge is 0.359 e. The molecule has 1 heterocycles. The van der Waals surface area contributed by atoms with Crippen LogP contribution < -0.4 is 0 Å². The number of aromatic carboxylic acids is 2. The molecule has 2 N–H and O–H groups in total. The maximum absolute atomic E-state index is 11.1. The lowest BCUT2D eigenvalue weighted by molar-refractivity contribution is 0.0640. The largest absolute Gasteiger partial charge is 0.476 e. The van der Waals surface area contributed by atoms with E-state index in [0.717, 1.165) is 9.58 Å². The number of rotatable bonds is 6. The number of hydrogen-bond acceptors (Lipinski definition) is 5. The van der Waals surface area contributed by atoms with Crippen molar-refractivity contribution in [3.8, 4) is 0 Å². The lowest BCUT2D eigenvalue weighted by Crippen LogP contribution is -2.14. The topological polar surface area (TPSA) is 105 Å². The molecule has 104 valence electrons. The summed E-state index contributed by atoms with van der Waals surface area (Å²) in [7, 11) is 0. The molecule has 1 aromatic carbocycles. The SMILES string of the molecule is O=C(O)c1nnn(CCSc2ccccc2)c1C(=O)O. The minimum atomic E-state index is -1.40. The first-order valence-corrected chi connectivity index (χ1v) is 6.66. The molecule has 0 aliphatic carbocycles. The number of thioether (sulfide) groups is 1. The minimum Gasteiger partial charge on any atom is -0.476 e. The monoisotopic (exact) mass is 293 g/mol. The molecule has 0 amide bonds. The minimum absolute atomic E-state index is 0.265. The van der Waals surface area contributed by atoms with Gasteiger partial charge in [0.1, 0.15) is 0 Å². The molecule has 20 heavy (non-hydrogen) atoms. The number of aryl methyl sites for hydroxylation is 1. The maximum atomic E-state index is 11.1. The molecule has 0 unspecified atom stereocenters. The summed E-state index contributed by atoms with van der Waals surface area (Å²) in [5.74, 6) is -2.19. The number of benzene rings is 1. The standard InChI is InChI=1S/C12H11N3O4S/c16-11(17)9-10(12(18)19)15(14-13-9)6-7-20-8-4-2-1-3-5-8/h1-5H,6-7H2,(H,16,17)(H,18,19). The van der Waals surface area contributed by atoms with Crippen LogP contribution in [0.5, 0.6) is 0 Å². The quantitative estimate of drug-likeness (QED) is 0.777.